The minimum atomic E-state index is -0.456. The number of benzene rings is 1. The summed E-state index contributed by atoms with van der Waals surface area (Å²) in [6, 6.07) is 6.93. The van der Waals surface area contributed by atoms with E-state index in [-0.39, 0.29) is 5.56 Å². The number of primary amides is 1. The van der Waals surface area contributed by atoms with Crippen molar-refractivity contribution in [3.05, 3.63) is 66.5 Å². The van der Waals surface area contributed by atoms with Gasteiger partial charge in [-0.3, -0.25) is 9.59 Å². The van der Waals surface area contributed by atoms with Gasteiger partial charge in [0.25, 0.3) is 5.56 Å². The first kappa shape index (κ1) is 15.0. The van der Waals surface area contributed by atoms with E-state index in [0.717, 1.165) is 15.6 Å². The van der Waals surface area contributed by atoms with Gasteiger partial charge in [-0.2, -0.15) is 0 Å². The molecule has 0 aliphatic heterocycles. The highest BCUT2D eigenvalue weighted by Crippen LogP contribution is 2.16. The molecular weight excluding hydrogens is 388 g/mol. The Bertz CT molecular complexity index is 738. The molecule has 0 aliphatic carbocycles. The Hall–Kier alpha value is -1.40. The number of hydrogen-bond donors (Lipinski definition) is 1. The molecule has 0 saturated carbocycles. The van der Waals surface area contributed by atoms with Crippen molar-refractivity contribution in [2.24, 2.45) is 5.73 Å². The van der Waals surface area contributed by atoms with Gasteiger partial charge in [0.15, 0.2) is 0 Å². The molecule has 1 aromatic heterocycles. The molecule has 0 unspecified atom stereocenters. The zero-order valence-electron chi connectivity index (χ0n) is 10.7. The second-order valence-corrected chi connectivity index (χ2v) is 6.21. The lowest BCUT2D eigenvalue weighted by molar-refractivity contribution is 0.1000. The van der Waals surface area contributed by atoms with E-state index in [2.05, 4.69) is 31.9 Å². The number of aromatic nitrogens is 1. The number of pyridine rings is 1. The molecule has 1 aromatic carbocycles. The van der Waals surface area contributed by atoms with Gasteiger partial charge in [0.1, 0.15) is 0 Å². The van der Waals surface area contributed by atoms with E-state index in [4.69, 9.17) is 5.73 Å². The van der Waals surface area contributed by atoms with E-state index in [1.54, 1.807) is 29.0 Å². The maximum atomic E-state index is 12.0. The van der Waals surface area contributed by atoms with Gasteiger partial charge in [-0.15, -0.1) is 0 Å². The van der Waals surface area contributed by atoms with Gasteiger partial charge in [0.05, 0.1) is 11.0 Å². The minimum absolute atomic E-state index is 0.105. The van der Waals surface area contributed by atoms with Gasteiger partial charge < -0.3 is 10.3 Å². The third-order valence-electron chi connectivity index (χ3n) is 2.98. The first-order valence-electron chi connectivity index (χ1n) is 5.83. The van der Waals surface area contributed by atoms with E-state index in [9.17, 15) is 9.59 Å². The van der Waals surface area contributed by atoms with Crippen molar-refractivity contribution >= 4 is 37.8 Å². The fourth-order valence-electron chi connectivity index (χ4n) is 1.89. The Balaban J connectivity index is 2.41. The summed E-state index contributed by atoms with van der Waals surface area (Å²) >= 11 is 6.59. The first-order chi connectivity index (χ1) is 9.38. The van der Waals surface area contributed by atoms with Crippen molar-refractivity contribution in [2.45, 2.75) is 13.5 Å². The van der Waals surface area contributed by atoms with Gasteiger partial charge in [-0.25, -0.2) is 0 Å². The number of hydrogen-bond acceptors (Lipinski definition) is 2. The van der Waals surface area contributed by atoms with Crippen LogP contribution < -0.4 is 11.3 Å². The lowest BCUT2D eigenvalue weighted by atomic mass is 10.0. The van der Waals surface area contributed by atoms with Crippen LogP contribution >= 0.6 is 31.9 Å². The van der Waals surface area contributed by atoms with Crippen molar-refractivity contribution in [2.75, 3.05) is 0 Å². The minimum Gasteiger partial charge on any atom is -0.366 e. The van der Waals surface area contributed by atoms with E-state index in [1.165, 1.54) is 0 Å². The Kier molecular flexibility index (Phi) is 4.45. The number of nitrogens with two attached hydrogens (primary N) is 1. The van der Waals surface area contributed by atoms with E-state index < -0.39 is 5.91 Å². The topological polar surface area (TPSA) is 65.1 Å². The number of aryl methyl sites for hydroxylation is 1. The second kappa shape index (κ2) is 5.93. The number of nitrogens with zero attached hydrogens (tertiary/aromatic N) is 1. The Labute approximate surface area is 132 Å². The highest BCUT2D eigenvalue weighted by atomic mass is 79.9. The highest BCUT2D eigenvalue weighted by Gasteiger charge is 2.08. The summed E-state index contributed by atoms with van der Waals surface area (Å²) in [5.41, 5.74) is 7.49. The van der Waals surface area contributed by atoms with Gasteiger partial charge in [-0.1, -0.05) is 6.07 Å². The normalized spacial score (nSPS) is 10.6. The molecule has 1 heterocycles. The van der Waals surface area contributed by atoms with Gasteiger partial charge in [0, 0.05) is 16.2 Å². The van der Waals surface area contributed by atoms with Crippen LogP contribution in [0.4, 0.5) is 0 Å². The lowest BCUT2D eigenvalue weighted by Gasteiger charge is -2.10. The van der Waals surface area contributed by atoms with Crippen LogP contribution in [0.3, 0.4) is 0 Å². The van der Waals surface area contributed by atoms with E-state index in [0.29, 0.717) is 16.6 Å². The number of carbonyl (C=O) groups is 1. The largest absolute Gasteiger partial charge is 0.366 e. The third kappa shape index (κ3) is 3.19. The predicted octanol–water partition coefficient (Wildman–Crippen LogP) is 2.83. The van der Waals surface area contributed by atoms with Crippen LogP contribution in [0, 0.1) is 6.92 Å². The predicted molar refractivity (Wildman–Crippen MR) is 84.9 cm³/mol. The molecule has 2 N–H and O–H groups in total. The molecule has 0 fully saturated rings. The summed E-state index contributed by atoms with van der Waals surface area (Å²) in [6.07, 6.45) is 1.73. The monoisotopic (exact) mass is 398 g/mol. The third-order valence-corrected chi connectivity index (χ3v) is 3.98. The molecule has 2 rings (SSSR count). The highest BCUT2D eigenvalue weighted by molar-refractivity contribution is 9.11. The molecule has 2 aromatic rings. The number of carbonyl (C=O) groups excluding carboxylic acids is 1. The summed E-state index contributed by atoms with van der Waals surface area (Å²) in [5.74, 6) is -0.456. The van der Waals surface area contributed by atoms with Crippen molar-refractivity contribution < 1.29 is 4.79 Å². The molecular formula is C14H12Br2N2O2. The molecule has 6 heteroatoms. The Morgan fingerprint density at radius 2 is 2.00 bits per heavy atom. The average Bonchev–Trinajstić information content (AvgIpc) is 2.37. The number of halogens is 2. The van der Waals surface area contributed by atoms with Crippen molar-refractivity contribution in [3.63, 3.8) is 0 Å². The Morgan fingerprint density at radius 3 is 2.60 bits per heavy atom. The van der Waals surface area contributed by atoms with Crippen LogP contribution in [-0.2, 0) is 6.54 Å². The molecule has 0 aliphatic rings. The zero-order valence-corrected chi connectivity index (χ0v) is 13.9. The fourth-order valence-corrected chi connectivity index (χ4v) is 3.15. The van der Waals surface area contributed by atoms with Crippen LogP contribution in [0.1, 0.15) is 21.5 Å². The number of rotatable bonds is 3. The summed E-state index contributed by atoms with van der Waals surface area (Å²) in [6.45, 7) is 2.32. The average molecular weight is 400 g/mol. The van der Waals surface area contributed by atoms with Crippen molar-refractivity contribution in [3.8, 4) is 0 Å². The van der Waals surface area contributed by atoms with Crippen LogP contribution in [0.15, 0.2) is 44.2 Å². The van der Waals surface area contributed by atoms with Crippen LogP contribution in [0.5, 0.6) is 0 Å². The zero-order chi connectivity index (χ0) is 14.9. The molecule has 104 valence electrons. The summed E-state index contributed by atoms with van der Waals surface area (Å²) in [7, 11) is 0. The number of amides is 1. The molecule has 0 spiro atoms. The maximum absolute atomic E-state index is 12.0. The molecule has 1 amide bonds. The standard InChI is InChI=1S/C14H12Br2N2O2/c1-8-4-9(13(17)19)2-3-10(8)6-18-7-11(15)5-12(16)14(18)20/h2-5,7H,6H2,1H3,(H2,17,19). The molecule has 4 nitrogen and oxygen atoms in total. The molecule has 0 bridgehead atoms. The van der Waals surface area contributed by atoms with E-state index in [1.807, 2.05) is 13.0 Å². The second-order valence-electron chi connectivity index (χ2n) is 4.44. The first-order valence-corrected chi connectivity index (χ1v) is 7.42. The Morgan fingerprint density at radius 1 is 1.30 bits per heavy atom. The van der Waals surface area contributed by atoms with Crippen molar-refractivity contribution in [1.82, 2.24) is 4.57 Å². The van der Waals surface area contributed by atoms with Crippen LogP contribution in [0.2, 0.25) is 0 Å². The SMILES string of the molecule is Cc1cc(C(N)=O)ccc1Cn1cc(Br)cc(Br)c1=O. The fraction of sp³-hybridized carbons (Fsp3) is 0.143. The molecule has 0 atom stereocenters. The maximum Gasteiger partial charge on any atom is 0.265 e. The van der Waals surface area contributed by atoms with Crippen LogP contribution in [-0.4, -0.2) is 10.5 Å². The smallest absolute Gasteiger partial charge is 0.265 e. The summed E-state index contributed by atoms with van der Waals surface area (Å²) in [4.78, 5) is 23.2. The van der Waals surface area contributed by atoms with Gasteiger partial charge in [0.2, 0.25) is 5.91 Å². The quantitative estimate of drug-likeness (QED) is 0.862. The summed E-state index contributed by atoms with van der Waals surface area (Å²) in [5, 5.41) is 0. The molecule has 0 radical (unpaired) electrons. The molecule has 0 saturated heterocycles. The molecule has 20 heavy (non-hydrogen) atoms. The lowest BCUT2D eigenvalue weighted by Crippen LogP contribution is -2.21. The summed E-state index contributed by atoms with van der Waals surface area (Å²) < 4.78 is 2.91. The van der Waals surface area contributed by atoms with Crippen LogP contribution in [0.25, 0.3) is 0 Å². The van der Waals surface area contributed by atoms with Gasteiger partial charge >= 0.3 is 0 Å². The van der Waals surface area contributed by atoms with E-state index >= 15 is 0 Å². The van der Waals surface area contributed by atoms with Crippen molar-refractivity contribution in [1.29, 1.82) is 0 Å². The van der Waals surface area contributed by atoms with Gasteiger partial charge in [-0.05, 0) is 68.1 Å².